The molecule has 0 saturated heterocycles. The minimum Gasteiger partial charge on any atom is -0.368 e. The number of nitrogens with two attached hydrogens (primary N) is 1. The number of carbonyl (C=O) groups is 1. The van der Waals surface area contributed by atoms with Crippen LogP contribution in [-0.4, -0.2) is 28.5 Å². The standard InChI is InChI=1S/C11H15ClN4O/c12-9-5-14-6-11(15-9)16(7-10(13)17)8-3-1-2-4-8/h5-6,8H,1-4,7H2,(H2,13,17). The smallest absolute Gasteiger partial charge is 0.237 e. The van der Waals surface area contributed by atoms with E-state index in [1.165, 1.54) is 19.0 Å². The van der Waals surface area contributed by atoms with Gasteiger partial charge in [0.2, 0.25) is 5.91 Å². The average Bonchev–Trinajstić information content (AvgIpc) is 2.79. The van der Waals surface area contributed by atoms with Crippen LogP contribution >= 0.6 is 11.6 Å². The first-order valence-corrected chi connectivity index (χ1v) is 6.07. The normalized spacial score (nSPS) is 16.1. The fourth-order valence-electron chi connectivity index (χ4n) is 2.25. The lowest BCUT2D eigenvalue weighted by atomic mass is 10.2. The van der Waals surface area contributed by atoms with Crippen LogP contribution in [-0.2, 0) is 4.79 Å². The molecule has 0 radical (unpaired) electrons. The molecule has 0 aliphatic heterocycles. The third kappa shape index (κ3) is 3.06. The quantitative estimate of drug-likeness (QED) is 0.881. The Morgan fingerprint density at radius 1 is 1.47 bits per heavy atom. The van der Waals surface area contributed by atoms with Gasteiger partial charge in [-0.05, 0) is 12.8 Å². The highest BCUT2D eigenvalue weighted by molar-refractivity contribution is 6.29. The van der Waals surface area contributed by atoms with Gasteiger partial charge in [0.1, 0.15) is 11.0 Å². The second-order valence-electron chi connectivity index (χ2n) is 4.23. The molecular formula is C11H15ClN4O. The molecular weight excluding hydrogens is 240 g/mol. The Kier molecular flexibility index (Phi) is 3.78. The molecule has 17 heavy (non-hydrogen) atoms. The van der Waals surface area contributed by atoms with Crippen LogP contribution in [0.2, 0.25) is 5.15 Å². The lowest BCUT2D eigenvalue weighted by Crippen LogP contribution is -2.40. The SMILES string of the molecule is NC(=O)CN(c1cncc(Cl)n1)C1CCCC1. The lowest BCUT2D eigenvalue weighted by molar-refractivity contribution is -0.116. The monoisotopic (exact) mass is 254 g/mol. The molecule has 5 nitrogen and oxygen atoms in total. The first-order chi connectivity index (χ1) is 8.16. The molecule has 6 heteroatoms. The van der Waals surface area contributed by atoms with Crippen molar-refractivity contribution < 1.29 is 4.79 Å². The Morgan fingerprint density at radius 2 is 2.18 bits per heavy atom. The number of halogens is 1. The Morgan fingerprint density at radius 3 is 2.76 bits per heavy atom. The summed E-state index contributed by atoms with van der Waals surface area (Å²) in [6.45, 7) is 0.166. The Labute approximate surface area is 105 Å². The average molecular weight is 255 g/mol. The van der Waals surface area contributed by atoms with E-state index in [1.54, 1.807) is 6.20 Å². The van der Waals surface area contributed by atoms with E-state index < -0.39 is 0 Å². The highest BCUT2D eigenvalue weighted by Crippen LogP contribution is 2.27. The van der Waals surface area contributed by atoms with Crippen LogP contribution in [0.3, 0.4) is 0 Å². The van der Waals surface area contributed by atoms with E-state index in [0.717, 1.165) is 12.8 Å². The third-order valence-electron chi connectivity index (χ3n) is 2.98. The van der Waals surface area contributed by atoms with Crippen molar-refractivity contribution in [1.29, 1.82) is 0 Å². The van der Waals surface area contributed by atoms with E-state index in [2.05, 4.69) is 9.97 Å². The van der Waals surface area contributed by atoms with E-state index in [-0.39, 0.29) is 12.5 Å². The van der Waals surface area contributed by atoms with Crippen molar-refractivity contribution >= 4 is 23.3 Å². The molecule has 1 aliphatic carbocycles. The van der Waals surface area contributed by atoms with Crippen molar-refractivity contribution in [2.75, 3.05) is 11.4 Å². The molecule has 0 unspecified atom stereocenters. The Balaban J connectivity index is 2.22. The molecule has 1 fully saturated rings. The van der Waals surface area contributed by atoms with Gasteiger partial charge in [-0.1, -0.05) is 24.4 Å². The van der Waals surface area contributed by atoms with Gasteiger partial charge in [0.05, 0.1) is 18.9 Å². The number of carbonyl (C=O) groups excluding carboxylic acids is 1. The van der Waals surface area contributed by atoms with Crippen molar-refractivity contribution in [3.05, 3.63) is 17.5 Å². The largest absolute Gasteiger partial charge is 0.368 e. The van der Waals surface area contributed by atoms with Crippen molar-refractivity contribution in [2.45, 2.75) is 31.7 Å². The number of nitrogens with zero attached hydrogens (tertiary/aromatic N) is 3. The van der Waals surface area contributed by atoms with Crippen molar-refractivity contribution in [3.63, 3.8) is 0 Å². The van der Waals surface area contributed by atoms with Crippen LogP contribution in [0, 0.1) is 0 Å². The molecule has 2 N–H and O–H groups in total. The third-order valence-corrected chi connectivity index (χ3v) is 3.16. The molecule has 1 aromatic heterocycles. The number of hydrogen-bond acceptors (Lipinski definition) is 4. The van der Waals surface area contributed by atoms with Gasteiger partial charge in [-0.3, -0.25) is 9.78 Å². The maximum absolute atomic E-state index is 11.1. The molecule has 0 atom stereocenters. The zero-order valence-corrected chi connectivity index (χ0v) is 10.2. The summed E-state index contributed by atoms with van der Waals surface area (Å²) in [5, 5.41) is 0.329. The molecule has 0 bridgehead atoms. The Hall–Kier alpha value is -1.36. The Bertz CT molecular complexity index is 406. The van der Waals surface area contributed by atoms with Crippen molar-refractivity contribution in [2.24, 2.45) is 5.73 Å². The molecule has 1 heterocycles. The summed E-state index contributed by atoms with van der Waals surface area (Å²) >= 11 is 5.82. The number of anilines is 1. The number of primary amides is 1. The van der Waals surface area contributed by atoms with Crippen LogP contribution in [0.15, 0.2) is 12.4 Å². The summed E-state index contributed by atoms with van der Waals surface area (Å²) in [7, 11) is 0. The van der Waals surface area contributed by atoms with E-state index in [9.17, 15) is 4.79 Å². The van der Waals surface area contributed by atoms with E-state index in [4.69, 9.17) is 17.3 Å². The second-order valence-corrected chi connectivity index (χ2v) is 4.62. The van der Waals surface area contributed by atoms with E-state index >= 15 is 0 Å². The highest BCUT2D eigenvalue weighted by Gasteiger charge is 2.25. The zero-order valence-electron chi connectivity index (χ0n) is 9.47. The predicted octanol–water partition coefficient (Wildman–Crippen LogP) is 1.36. The molecule has 2 rings (SSSR count). The fourth-order valence-corrected chi connectivity index (χ4v) is 2.39. The second kappa shape index (κ2) is 5.31. The van der Waals surface area contributed by atoms with Gasteiger partial charge in [0, 0.05) is 6.04 Å². The maximum Gasteiger partial charge on any atom is 0.237 e. The topological polar surface area (TPSA) is 72.1 Å². The molecule has 0 spiro atoms. The van der Waals surface area contributed by atoms with Crippen LogP contribution in [0.1, 0.15) is 25.7 Å². The number of rotatable bonds is 4. The zero-order chi connectivity index (χ0) is 12.3. The predicted molar refractivity (Wildman–Crippen MR) is 65.8 cm³/mol. The van der Waals surface area contributed by atoms with E-state index in [0.29, 0.717) is 17.0 Å². The minimum absolute atomic E-state index is 0.166. The van der Waals surface area contributed by atoms with Gasteiger partial charge in [-0.2, -0.15) is 0 Å². The van der Waals surface area contributed by atoms with Crippen LogP contribution in [0.4, 0.5) is 5.82 Å². The molecule has 1 aromatic rings. The van der Waals surface area contributed by atoms with Gasteiger partial charge >= 0.3 is 0 Å². The van der Waals surface area contributed by atoms with E-state index in [1.807, 2.05) is 4.90 Å². The molecule has 0 aromatic carbocycles. The molecule has 1 aliphatic rings. The number of amides is 1. The highest BCUT2D eigenvalue weighted by atomic mass is 35.5. The van der Waals surface area contributed by atoms with Gasteiger partial charge in [-0.25, -0.2) is 4.98 Å². The lowest BCUT2D eigenvalue weighted by Gasteiger charge is -2.28. The molecule has 1 amide bonds. The summed E-state index contributed by atoms with van der Waals surface area (Å²) in [6.07, 6.45) is 7.56. The van der Waals surface area contributed by atoms with Crippen LogP contribution < -0.4 is 10.6 Å². The summed E-state index contributed by atoms with van der Waals surface area (Å²) < 4.78 is 0. The molecule has 1 saturated carbocycles. The summed E-state index contributed by atoms with van der Waals surface area (Å²) in [4.78, 5) is 21.2. The van der Waals surface area contributed by atoms with Gasteiger partial charge in [0.15, 0.2) is 0 Å². The summed E-state index contributed by atoms with van der Waals surface area (Å²) in [5.74, 6) is 0.266. The first-order valence-electron chi connectivity index (χ1n) is 5.69. The minimum atomic E-state index is -0.362. The van der Waals surface area contributed by atoms with Gasteiger partial charge in [0.25, 0.3) is 0 Å². The summed E-state index contributed by atoms with van der Waals surface area (Å²) in [5.41, 5.74) is 5.27. The van der Waals surface area contributed by atoms with Crippen LogP contribution in [0.5, 0.6) is 0 Å². The first kappa shape index (κ1) is 12.1. The van der Waals surface area contributed by atoms with Crippen molar-refractivity contribution in [3.8, 4) is 0 Å². The number of aromatic nitrogens is 2. The number of hydrogen-bond donors (Lipinski definition) is 1. The van der Waals surface area contributed by atoms with Gasteiger partial charge in [-0.15, -0.1) is 0 Å². The fraction of sp³-hybridized carbons (Fsp3) is 0.545. The maximum atomic E-state index is 11.1. The van der Waals surface area contributed by atoms with Gasteiger partial charge < -0.3 is 10.6 Å². The van der Waals surface area contributed by atoms with Crippen LogP contribution in [0.25, 0.3) is 0 Å². The summed E-state index contributed by atoms with van der Waals surface area (Å²) in [6, 6.07) is 0.315. The molecule has 92 valence electrons. The van der Waals surface area contributed by atoms with Crippen molar-refractivity contribution in [1.82, 2.24) is 9.97 Å².